The molecular weight excluding hydrogens is 362 g/mol. The van der Waals surface area contributed by atoms with Crippen molar-refractivity contribution in [1.29, 1.82) is 0 Å². The van der Waals surface area contributed by atoms with Gasteiger partial charge in [0.1, 0.15) is 11.6 Å². The molecule has 3 heterocycles. The molecule has 2 N–H and O–H groups in total. The first kappa shape index (κ1) is 18.2. The van der Waals surface area contributed by atoms with E-state index in [0.29, 0.717) is 11.5 Å². The number of nitrogens with one attached hydrogen (secondary N) is 2. The lowest BCUT2D eigenvalue weighted by Gasteiger charge is -2.28. The molecule has 5 rings (SSSR count). The Kier molecular flexibility index (Phi) is 4.92. The molecule has 1 amide bonds. The molecule has 3 aromatic rings. The van der Waals surface area contributed by atoms with Crippen LogP contribution in [0.2, 0.25) is 0 Å². The van der Waals surface area contributed by atoms with Crippen molar-refractivity contribution in [2.24, 2.45) is 0 Å². The number of imidazole rings is 1. The van der Waals surface area contributed by atoms with Crippen LogP contribution in [0, 0.1) is 0 Å². The molecule has 2 fully saturated rings. The maximum atomic E-state index is 13.0. The molecule has 0 atom stereocenters. The van der Waals surface area contributed by atoms with Crippen molar-refractivity contribution in [3.05, 3.63) is 54.0 Å². The standard InChI is InChI=1S/C23H27N5O/c29-23(18-6-5-13-24-22(18)28-14-3-4-15-28)25-17-11-9-16(10-12-17)21-26-19-7-1-2-8-20(19)27-21/h1-2,5-8,13,16-17H,3-4,9-12,14-15H2,(H,25,29)(H,26,27). The number of hydrogen-bond donors (Lipinski definition) is 2. The fraction of sp³-hybridized carbons (Fsp3) is 0.435. The first-order valence-corrected chi connectivity index (χ1v) is 10.7. The quantitative estimate of drug-likeness (QED) is 0.707. The SMILES string of the molecule is O=C(NC1CCC(c2nc3ccccc3[nH]2)CC1)c1cccnc1N1CCCC1. The van der Waals surface area contributed by atoms with E-state index in [4.69, 9.17) is 4.98 Å². The number of rotatable bonds is 4. The minimum atomic E-state index is 0.00665. The van der Waals surface area contributed by atoms with Crippen molar-refractivity contribution in [1.82, 2.24) is 20.3 Å². The van der Waals surface area contributed by atoms with Crippen molar-refractivity contribution in [2.45, 2.75) is 50.5 Å². The number of carbonyl (C=O) groups is 1. The minimum absolute atomic E-state index is 0.00665. The third kappa shape index (κ3) is 3.71. The Balaban J connectivity index is 1.22. The van der Waals surface area contributed by atoms with Crippen LogP contribution in [0.25, 0.3) is 11.0 Å². The van der Waals surface area contributed by atoms with Crippen LogP contribution in [0.5, 0.6) is 0 Å². The first-order valence-electron chi connectivity index (χ1n) is 10.7. The number of hydrogen-bond acceptors (Lipinski definition) is 4. The number of aromatic nitrogens is 3. The lowest BCUT2D eigenvalue weighted by Crippen LogP contribution is -2.38. The van der Waals surface area contributed by atoms with Gasteiger partial charge >= 0.3 is 0 Å². The summed E-state index contributed by atoms with van der Waals surface area (Å²) in [6.07, 6.45) is 8.16. The predicted octanol–water partition coefficient (Wildman–Crippen LogP) is 4.01. The lowest BCUT2D eigenvalue weighted by molar-refractivity contribution is 0.0926. The highest BCUT2D eigenvalue weighted by molar-refractivity contribution is 5.99. The maximum absolute atomic E-state index is 13.0. The van der Waals surface area contributed by atoms with Gasteiger partial charge in [-0.3, -0.25) is 4.79 Å². The van der Waals surface area contributed by atoms with Gasteiger partial charge in [-0.15, -0.1) is 0 Å². The molecule has 29 heavy (non-hydrogen) atoms. The third-order valence-corrected chi connectivity index (χ3v) is 6.29. The lowest BCUT2D eigenvalue weighted by atomic mass is 9.85. The number of fused-ring (bicyclic) bond motifs is 1. The van der Waals surface area contributed by atoms with E-state index in [1.54, 1.807) is 6.20 Å². The van der Waals surface area contributed by atoms with Crippen LogP contribution in [0.15, 0.2) is 42.6 Å². The Morgan fingerprint density at radius 3 is 2.62 bits per heavy atom. The molecule has 1 aliphatic heterocycles. The van der Waals surface area contributed by atoms with E-state index in [1.807, 2.05) is 30.3 Å². The van der Waals surface area contributed by atoms with E-state index < -0.39 is 0 Å². The van der Waals surface area contributed by atoms with Gasteiger partial charge in [0, 0.05) is 31.2 Å². The zero-order chi connectivity index (χ0) is 19.6. The molecule has 1 saturated carbocycles. The second kappa shape index (κ2) is 7.85. The molecule has 6 nitrogen and oxygen atoms in total. The molecule has 0 bridgehead atoms. The molecule has 0 spiro atoms. The second-order valence-electron chi connectivity index (χ2n) is 8.23. The summed E-state index contributed by atoms with van der Waals surface area (Å²) >= 11 is 0. The molecule has 1 saturated heterocycles. The molecule has 2 aromatic heterocycles. The largest absolute Gasteiger partial charge is 0.356 e. The highest BCUT2D eigenvalue weighted by Crippen LogP contribution is 2.32. The summed E-state index contributed by atoms with van der Waals surface area (Å²) in [6.45, 7) is 1.97. The molecule has 0 unspecified atom stereocenters. The van der Waals surface area contributed by atoms with Gasteiger partial charge in [-0.05, 0) is 62.8 Å². The van der Waals surface area contributed by atoms with Crippen LogP contribution >= 0.6 is 0 Å². The first-order chi connectivity index (χ1) is 14.3. The molecule has 1 aliphatic carbocycles. The summed E-state index contributed by atoms with van der Waals surface area (Å²) in [6, 6.07) is 12.1. The minimum Gasteiger partial charge on any atom is -0.356 e. The predicted molar refractivity (Wildman–Crippen MR) is 114 cm³/mol. The van der Waals surface area contributed by atoms with Crippen molar-refractivity contribution >= 4 is 22.8 Å². The van der Waals surface area contributed by atoms with Gasteiger partial charge in [0.2, 0.25) is 0 Å². The fourth-order valence-corrected chi connectivity index (χ4v) is 4.70. The zero-order valence-corrected chi connectivity index (χ0v) is 16.6. The van der Waals surface area contributed by atoms with E-state index in [0.717, 1.165) is 61.4 Å². The number of aromatic amines is 1. The maximum Gasteiger partial charge on any atom is 0.255 e. The van der Waals surface area contributed by atoms with Crippen molar-refractivity contribution in [3.8, 4) is 0 Å². The van der Waals surface area contributed by atoms with Gasteiger partial charge < -0.3 is 15.2 Å². The summed E-state index contributed by atoms with van der Waals surface area (Å²) in [5.74, 6) is 2.36. The molecular formula is C23H27N5O. The average Bonchev–Trinajstić information content (AvgIpc) is 3.44. The van der Waals surface area contributed by atoms with Crippen molar-refractivity contribution in [3.63, 3.8) is 0 Å². The van der Waals surface area contributed by atoms with Gasteiger partial charge in [0.15, 0.2) is 0 Å². The number of amides is 1. The van der Waals surface area contributed by atoms with E-state index in [9.17, 15) is 4.79 Å². The number of carbonyl (C=O) groups excluding carboxylic acids is 1. The Morgan fingerprint density at radius 2 is 1.83 bits per heavy atom. The Labute approximate surface area is 170 Å². The number of nitrogens with zero attached hydrogens (tertiary/aromatic N) is 3. The van der Waals surface area contributed by atoms with Crippen LogP contribution in [-0.4, -0.2) is 40.0 Å². The van der Waals surface area contributed by atoms with Gasteiger partial charge in [-0.25, -0.2) is 9.97 Å². The smallest absolute Gasteiger partial charge is 0.255 e. The topological polar surface area (TPSA) is 73.9 Å². The number of pyridine rings is 1. The van der Waals surface area contributed by atoms with Crippen LogP contribution in [0.1, 0.15) is 60.6 Å². The number of anilines is 1. The molecule has 0 radical (unpaired) electrons. The summed E-state index contributed by atoms with van der Waals surface area (Å²) in [7, 11) is 0. The zero-order valence-electron chi connectivity index (χ0n) is 16.6. The van der Waals surface area contributed by atoms with Crippen molar-refractivity contribution < 1.29 is 4.79 Å². The Hall–Kier alpha value is -2.89. The average molecular weight is 390 g/mol. The summed E-state index contributed by atoms with van der Waals surface area (Å²) in [5, 5.41) is 3.26. The Morgan fingerprint density at radius 1 is 1.03 bits per heavy atom. The normalized spacial score (nSPS) is 22.1. The molecule has 1 aromatic carbocycles. The van der Waals surface area contributed by atoms with E-state index in [1.165, 1.54) is 12.8 Å². The van der Waals surface area contributed by atoms with E-state index >= 15 is 0 Å². The Bertz CT molecular complexity index is 966. The van der Waals surface area contributed by atoms with Crippen LogP contribution < -0.4 is 10.2 Å². The third-order valence-electron chi connectivity index (χ3n) is 6.29. The monoisotopic (exact) mass is 389 g/mol. The number of benzene rings is 1. The van der Waals surface area contributed by atoms with Gasteiger partial charge in [-0.2, -0.15) is 0 Å². The van der Waals surface area contributed by atoms with E-state index in [2.05, 4.69) is 26.3 Å². The highest BCUT2D eigenvalue weighted by Gasteiger charge is 2.27. The highest BCUT2D eigenvalue weighted by atomic mass is 16.1. The van der Waals surface area contributed by atoms with Crippen LogP contribution in [0.3, 0.4) is 0 Å². The molecule has 150 valence electrons. The molecule has 2 aliphatic rings. The van der Waals surface area contributed by atoms with Crippen LogP contribution in [-0.2, 0) is 0 Å². The second-order valence-corrected chi connectivity index (χ2v) is 8.23. The summed E-state index contributed by atoms with van der Waals surface area (Å²) < 4.78 is 0. The van der Waals surface area contributed by atoms with Crippen molar-refractivity contribution in [2.75, 3.05) is 18.0 Å². The summed E-state index contributed by atoms with van der Waals surface area (Å²) in [5.41, 5.74) is 2.83. The molecule has 6 heteroatoms. The van der Waals surface area contributed by atoms with Gasteiger partial charge in [0.25, 0.3) is 5.91 Å². The fourth-order valence-electron chi connectivity index (χ4n) is 4.70. The van der Waals surface area contributed by atoms with Gasteiger partial charge in [-0.1, -0.05) is 12.1 Å². The van der Waals surface area contributed by atoms with E-state index in [-0.39, 0.29) is 11.9 Å². The number of H-pyrrole nitrogens is 1. The summed E-state index contributed by atoms with van der Waals surface area (Å²) in [4.78, 5) is 27.9. The number of para-hydroxylation sites is 2. The van der Waals surface area contributed by atoms with Gasteiger partial charge in [0.05, 0.1) is 16.6 Å². The van der Waals surface area contributed by atoms with Crippen LogP contribution in [0.4, 0.5) is 5.82 Å².